The van der Waals surface area contributed by atoms with Gasteiger partial charge in [0.1, 0.15) is 0 Å². The van der Waals surface area contributed by atoms with Gasteiger partial charge in [-0.2, -0.15) is 4.98 Å². The molecule has 0 radical (unpaired) electrons. The Morgan fingerprint density at radius 1 is 1.26 bits per heavy atom. The summed E-state index contributed by atoms with van der Waals surface area (Å²) < 4.78 is 27.8. The van der Waals surface area contributed by atoms with Crippen molar-refractivity contribution in [1.82, 2.24) is 15.0 Å². The Labute approximate surface area is 134 Å². The number of piperidine rings is 1. The molecule has 2 heterocycles. The van der Waals surface area contributed by atoms with Gasteiger partial charge in [-0.05, 0) is 43.5 Å². The number of hydrogen-bond donors (Lipinski definition) is 0. The first kappa shape index (κ1) is 15.7. The van der Waals surface area contributed by atoms with Crippen LogP contribution < -0.4 is 0 Å². The minimum absolute atomic E-state index is 0.153. The molecule has 1 fully saturated rings. The van der Waals surface area contributed by atoms with Crippen molar-refractivity contribution < 1.29 is 17.7 Å². The number of nitrogens with zero attached hydrogens (tertiary/aromatic N) is 3. The zero-order valence-corrected chi connectivity index (χ0v) is 13.5. The molecule has 1 aromatic heterocycles. The number of amides is 1. The van der Waals surface area contributed by atoms with Gasteiger partial charge in [0, 0.05) is 18.4 Å². The van der Waals surface area contributed by atoms with Gasteiger partial charge in [-0.25, -0.2) is 8.42 Å². The van der Waals surface area contributed by atoms with Gasteiger partial charge >= 0.3 is 0 Å². The molecule has 1 amide bonds. The molecule has 8 heteroatoms. The molecule has 0 aliphatic carbocycles. The molecular weight excluding hydrogens is 318 g/mol. The van der Waals surface area contributed by atoms with E-state index in [-0.39, 0.29) is 16.8 Å². The van der Waals surface area contributed by atoms with Crippen LogP contribution in [0.3, 0.4) is 0 Å². The van der Waals surface area contributed by atoms with Crippen molar-refractivity contribution in [1.29, 1.82) is 0 Å². The number of carbonyl (C=O) groups is 1. The Morgan fingerprint density at radius 3 is 2.61 bits per heavy atom. The van der Waals surface area contributed by atoms with Gasteiger partial charge < -0.3 is 9.42 Å². The van der Waals surface area contributed by atoms with Crippen LogP contribution in [0.25, 0.3) is 0 Å². The van der Waals surface area contributed by atoms with Gasteiger partial charge in [0.05, 0.1) is 10.9 Å². The molecule has 122 valence electrons. The molecule has 1 aromatic carbocycles. The second-order valence-corrected chi connectivity index (χ2v) is 7.61. The summed E-state index contributed by atoms with van der Waals surface area (Å²) in [4.78, 5) is 18.7. The highest BCUT2D eigenvalue weighted by molar-refractivity contribution is 7.90. The highest BCUT2D eigenvalue weighted by atomic mass is 32.2. The summed E-state index contributed by atoms with van der Waals surface area (Å²) in [5, 5.41) is 3.85. The second kappa shape index (κ2) is 6.11. The number of benzene rings is 1. The molecule has 23 heavy (non-hydrogen) atoms. The van der Waals surface area contributed by atoms with E-state index in [9.17, 15) is 13.2 Å². The molecular formula is C15H17N3O4S. The predicted molar refractivity (Wildman–Crippen MR) is 81.5 cm³/mol. The summed E-state index contributed by atoms with van der Waals surface area (Å²) >= 11 is 0. The standard InChI is InChI=1S/C15H17N3O4S/c1-23(20,21)12-7-5-11(6-8-12)15(19)18-9-3-2-4-13(18)14-16-10-22-17-14/h5-8,10,13H,2-4,9H2,1H3. The van der Waals surface area contributed by atoms with Gasteiger partial charge in [-0.15, -0.1) is 0 Å². The summed E-state index contributed by atoms with van der Waals surface area (Å²) in [7, 11) is -3.27. The van der Waals surface area contributed by atoms with E-state index in [1.54, 1.807) is 17.0 Å². The molecule has 2 aromatic rings. The molecule has 0 bridgehead atoms. The van der Waals surface area contributed by atoms with E-state index in [2.05, 4.69) is 10.1 Å². The van der Waals surface area contributed by atoms with Crippen molar-refractivity contribution in [2.45, 2.75) is 30.2 Å². The highest BCUT2D eigenvalue weighted by Gasteiger charge is 2.31. The maximum atomic E-state index is 12.8. The molecule has 1 saturated heterocycles. The van der Waals surface area contributed by atoms with Crippen LogP contribution in [-0.4, -0.2) is 42.2 Å². The maximum absolute atomic E-state index is 12.8. The average Bonchev–Trinajstić information content (AvgIpc) is 3.08. The zero-order chi connectivity index (χ0) is 16.4. The number of carbonyl (C=O) groups excluding carboxylic acids is 1. The van der Waals surface area contributed by atoms with Crippen LogP contribution in [0.5, 0.6) is 0 Å². The second-order valence-electron chi connectivity index (χ2n) is 5.60. The first-order chi connectivity index (χ1) is 11.0. The lowest BCUT2D eigenvalue weighted by atomic mass is 10.00. The van der Waals surface area contributed by atoms with Crippen LogP contribution in [0.2, 0.25) is 0 Å². The van der Waals surface area contributed by atoms with Crippen LogP contribution in [0, 0.1) is 0 Å². The third kappa shape index (κ3) is 3.26. The normalized spacial score (nSPS) is 18.8. The van der Waals surface area contributed by atoms with E-state index in [0.717, 1.165) is 25.5 Å². The molecule has 1 aliphatic heterocycles. The van der Waals surface area contributed by atoms with Crippen molar-refractivity contribution >= 4 is 15.7 Å². The van der Waals surface area contributed by atoms with Crippen molar-refractivity contribution in [2.75, 3.05) is 12.8 Å². The summed E-state index contributed by atoms with van der Waals surface area (Å²) in [6.45, 7) is 0.617. The summed E-state index contributed by atoms with van der Waals surface area (Å²) in [5.41, 5.74) is 0.452. The van der Waals surface area contributed by atoms with Crippen molar-refractivity contribution in [3.63, 3.8) is 0 Å². The van der Waals surface area contributed by atoms with Crippen molar-refractivity contribution in [3.8, 4) is 0 Å². The third-order valence-electron chi connectivity index (χ3n) is 3.97. The van der Waals surface area contributed by atoms with Crippen LogP contribution >= 0.6 is 0 Å². The highest BCUT2D eigenvalue weighted by Crippen LogP contribution is 2.30. The number of likely N-dealkylation sites (tertiary alicyclic amines) is 1. The van der Waals surface area contributed by atoms with Crippen molar-refractivity contribution in [2.24, 2.45) is 0 Å². The van der Waals surface area contributed by atoms with Gasteiger partial charge in [0.2, 0.25) is 6.39 Å². The van der Waals surface area contributed by atoms with E-state index in [4.69, 9.17) is 4.52 Å². The minimum Gasteiger partial charge on any atom is -0.343 e. The Kier molecular flexibility index (Phi) is 4.16. The van der Waals surface area contributed by atoms with Crippen molar-refractivity contribution in [3.05, 3.63) is 42.0 Å². The monoisotopic (exact) mass is 335 g/mol. The Balaban J connectivity index is 1.86. The van der Waals surface area contributed by atoms with E-state index in [1.807, 2.05) is 0 Å². The number of aromatic nitrogens is 2. The molecule has 1 aliphatic rings. The van der Waals surface area contributed by atoms with E-state index < -0.39 is 9.84 Å². The minimum atomic E-state index is -3.27. The Bertz CT molecular complexity index is 785. The van der Waals surface area contributed by atoms with E-state index >= 15 is 0 Å². The van der Waals surface area contributed by atoms with Crippen LogP contribution in [0.1, 0.15) is 41.5 Å². The Hall–Kier alpha value is -2.22. The lowest BCUT2D eigenvalue weighted by molar-refractivity contribution is 0.0596. The summed E-state index contributed by atoms with van der Waals surface area (Å²) in [5.74, 6) is 0.352. The lowest BCUT2D eigenvalue weighted by Crippen LogP contribution is -2.39. The topological polar surface area (TPSA) is 93.4 Å². The quantitative estimate of drug-likeness (QED) is 0.849. The van der Waals surface area contributed by atoms with Gasteiger partial charge in [-0.1, -0.05) is 5.16 Å². The largest absolute Gasteiger partial charge is 0.343 e. The van der Waals surface area contributed by atoms with E-state index in [1.165, 1.54) is 18.5 Å². The van der Waals surface area contributed by atoms with Crippen LogP contribution in [0.15, 0.2) is 40.1 Å². The van der Waals surface area contributed by atoms with Gasteiger partial charge in [-0.3, -0.25) is 4.79 Å². The zero-order valence-electron chi connectivity index (χ0n) is 12.7. The van der Waals surface area contributed by atoms with Crippen LogP contribution in [0.4, 0.5) is 0 Å². The fraction of sp³-hybridized carbons (Fsp3) is 0.400. The fourth-order valence-electron chi connectivity index (χ4n) is 2.78. The summed E-state index contributed by atoms with van der Waals surface area (Å²) in [6.07, 6.45) is 5.10. The maximum Gasteiger partial charge on any atom is 0.254 e. The predicted octanol–water partition coefficient (Wildman–Crippen LogP) is 1.84. The first-order valence-corrected chi connectivity index (χ1v) is 9.23. The SMILES string of the molecule is CS(=O)(=O)c1ccc(C(=O)N2CCCCC2c2ncon2)cc1. The number of rotatable bonds is 3. The Morgan fingerprint density at radius 2 is 2.00 bits per heavy atom. The molecule has 7 nitrogen and oxygen atoms in total. The molecule has 0 saturated carbocycles. The first-order valence-electron chi connectivity index (χ1n) is 7.34. The smallest absolute Gasteiger partial charge is 0.254 e. The number of hydrogen-bond acceptors (Lipinski definition) is 6. The molecule has 1 atom stereocenters. The molecule has 1 unspecified atom stereocenters. The number of sulfone groups is 1. The average molecular weight is 335 g/mol. The molecule has 3 rings (SSSR count). The lowest BCUT2D eigenvalue weighted by Gasteiger charge is -2.33. The van der Waals surface area contributed by atoms with Crippen LogP contribution in [-0.2, 0) is 9.84 Å². The van der Waals surface area contributed by atoms with Gasteiger partial charge in [0.25, 0.3) is 5.91 Å². The van der Waals surface area contributed by atoms with E-state index in [0.29, 0.717) is 17.9 Å². The summed E-state index contributed by atoms with van der Waals surface area (Å²) in [6, 6.07) is 5.79. The molecule has 0 N–H and O–H groups in total. The van der Waals surface area contributed by atoms with Gasteiger partial charge in [0.15, 0.2) is 15.7 Å². The third-order valence-corrected chi connectivity index (χ3v) is 5.10. The fourth-order valence-corrected chi connectivity index (χ4v) is 3.41. The molecule has 0 spiro atoms.